The fraction of sp³-hybridized carbons (Fsp3) is 1.00. The van der Waals surface area contributed by atoms with Gasteiger partial charge in [-0.15, -0.1) is 0 Å². The Bertz CT molecular complexity index is 379. The van der Waals surface area contributed by atoms with E-state index in [4.69, 9.17) is 14.2 Å². The summed E-state index contributed by atoms with van der Waals surface area (Å²) in [4.78, 5) is 0. The van der Waals surface area contributed by atoms with Crippen molar-refractivity contribution in [3.63, 3.8) is 0 Å². The van der Waals surface area contributed by atoms with Crippen molar-refractivity contribution < 1.29 is 44.8 Å². The third kappa shape index (κ3) is 3.68. The monoisotopic (exact) mass is 338 g/mol. The van der Waals surface area contributed by atoms with Crippen molar-refractivity contribution >= 4 is 0 Å². The van der Waals surface area contributed by atoms with Crippen molar-refractivity contribution in [2.75, 3.05) is 13.2 Å². The second-order valence-electron chi connectivity index (χ2n) is 6.21. The molecular formula is C14H26O9. The van der Waals surface area contributed by atoms with Crippen LogP contribution in [-0.4, -0.2) is 99.0 Å². The largest absolute Gasteiger partial charge is 0.394 e. The van der Waals surface area contributed by atoms with Gasteiger partial charge in [0, 0.05) is 5.92 Å². The quantitative estimate of drug-likeness (QED) is 0.314. The van der Waals surface area contributed by atoms with E-state index in [1.165, 1.54) is 0 Å². The lowest BCUT2D eigenvalue weighted by atomic mass is 9.88. The molecule has 0 radical (unpaired) electrons. The van der Waals surface area contributed by atoms with E-state index in [1.54, 1.807) is 13.8 Å². The van der Waals surface area contributed by atoms with Crippen molar-refractivity contribution in [1.82, 2.24) is 0 Å². The molecule has 0 aromatic heterocycles. The molecule has 9 heteroatoms. The van der Waals surface area contributed by atoms with Gasteiger partial charge in [0.25, 0.3) is 0 Å². The molecule has 2 rings (SSSR count). The summed E-state index contributed by atoms with van der Waals surface area (Å²) in [5, 5.41) is 58.0. The minimum absolute atomic E-state index is 0.331. The van der Waals surface area contributed by atoms with Crippen LogP contribution in [0.5, 0.6) is 0 Å². The smallest absolute Gasteiger partial charge is 0.187 e. The van der Waals surface area contributed by atoms with Crippen LogP contribution in [0.3, 0.4) is 0 Å². The van der Waals surface area contributed by atoms with Gasteiger partial charge in [-0.3, -0.25) is 0 Å². The topological polar surface area (TPSA) is 149 Å². The average Bonchev–Trinajstić information content (AvgIpc) is 2.54. The van der Waals surface area contributed by atoms with E-state index in [9.17, 15) is 30.6 Å². The molecule has 23 heavy (non-hydrogen) atoms. The zero-order valence-electron chi connectivity index (χ0n) is 13.1. The van der Waals surface area contributed by atoms with Crippen molar-refractivity contribution in [2.45, 2.75) is 69.0 Å². The van der Waals surface area contributed by atoms with Crippen LogP contribution in [-0.2, 0) is 14.2 Å². The van der Waals surface area contributed by atoms with Crippen LogP contribution in [0.4, 0.5) is 0 Å². The van der Waals surface area contributed by atoms with E-state index >= 15 is 0 Å². The third-order valence-electron chi connectivity index (χ3n) is 4.61. The lowest BCUT2D eigenvalue weighted by Gasteiger charge is -2.46. The highest BCUT2D eigenvalue weighted by atomic mass is 16.7. The number of ether oxygens (including phenoxy) is 3. The van der Waals surface area contributed by atoms with Crippen LogP contribution in [0.15, 0.2) is 0 Å². The zero-order valence-corrected chi connectivity index (χ0v) is 13.1. The molecule has 9 nitrogen and oxygen atoms in total. The van der Waals surface area contributed by atoms with Crippen molar-refractivity contribution in [2.24, 2.45) is 5.92 Å². The summed E-state index contributed by atoms with van der Waals surface area (Å²) in [5.74, 6) is -0.428. The SMILES string of the molecule is C[C@H]1[C@H](O)[C@@H](CO)O[C@@H](C)[C@@H]1O[C@@H]1O[C@H](CO)[C@@H](O)[C@H](O)[C@H]1O. The Kier molecular flexibility index (Phi) is 6.34. The highest BCUT2D eigenvalue weighted by Crippen LogP contribution is 2.31. The standard InChI is InChI=1S/C14H26O9/c1-5-9(17)7(3-15)21-6(2)13(5)23-14-12(20)11(19)10(18)8(4-16)22-14/h5-20H,3-4H2,1-2H3/t5-,6-,7+,8+,9-,10+,11-,12+,13+,14-/m0/s1. The van der Waals surface area contributed by atoms with E-state index in [0.29, 0.717) is 0 Å². The van der Waals surface area contributed by atoms with E-state index < -0.39 is 67.6 Å². The molecule has 0 unspecified atom stereocenters. The van der Waals surface area contributed by atoms with E-state index in [-0.39, 0.29) is 6.61 Å². The maximum atomic E-state index is 10.1. The van der Waals surface area contributed by atoms with Crippen LogP contribution >= 0.6 is 0 Å². The number of aliphatic hydroxyl groups is 6. The van der Waals surface area contributed by atoms with E-state index in [0.717, 1.165) is 0 Å². The molecule has 2 aliphatic rings. The highest BCUT2D eigenvalue weighted by molar-refractivity contribution is 4.93. The Balaban J connectivity index is 2.08. The molecule has 0 aromatic carbocycles. The van der Waals surface area contributed by atoms with E-state index in [2.05, 4.69) is 0 Å². The predicted molar refractivity (Wildman–Crippen MR) is 75.2 cm³/mol. The number of hydrogen-bond donors (Lipinski definition) is 6. The molecular weight excluding hydrogens is 312 g/mol. The molecule has 0 saturated carbocycles. The molecule has 0 spiro atoms. The molecule has 136 valence electrons. The number of aliphatic hydroxyl groups excluding tert-OH is 6. The first-order chi connectivity index (χ1) is 10.8. The van der Waals surface area contributed by atoms with Crippen LogP contribution in [0.1, 0.15) is 13.8 Å². The summed E-state index contributed by atoms with van der Waals surface area (Å²) < 4.78 is 16.4. The fourth-order valence-electron chi connectivity index (χ4n) is 3.11. The molecule has 0 aromatic rings. The summed E-state index contributed by atoms with van der Waals surface area (Å²) in [7, 11) is 0. The Hall–Kier alpha value is -0.360. The first-order valence-corrected chi connectivity index (χ1v) is 7.72. The second-order valence-corrected chi connectivity index (χ2v) is 6.21. The third-order valence-corrected chi connectivity index (χ3v) is 4.61. The number of hydrogen-bond acceptors (Lipinski definition) is 9. The minimum Gasteiger partial charge on any atom is -0.394 e. The summed E-state index contributed by atoms with van der Waals surface area (Å²) in [6.07, 6.45) is -9.73. The molecule has 10 atom stereocenters. The average molecular weight is 338 g/mol. The first-order valence-electron chi connectivity index (χ1n) is 7.72. The molecule has 2 aliphatic heterocycles. The van der Waals surface area contributed by atoms with Gasteiger partial charge in [-0.1, -0.05) is 6.92 Å². The molecule has 2 saturated heterocycles. The van der Waals surface area contributed by atoms with E-state index in [1.807, 2.05) is 0 Å². The molecule has 2 fully saturated rings. The Morgan fingerprint density at radius 3 is 1.91 bits per heavy atom. The van der Waals surface area contributed by atoms with Gasteiger partial charge in [-0.05, 0) is 6.92 Å². The molecule has 2 heterocycles. The molecule has 0 amide bonds. The van der Waals surface area contributed by atoms with Crippen LogP contribution < -0.4 is 0 Å². The van der Waals surface area contributed by atoms with Gasteiger partial charge >= 0.3 is 0 Å². The van der Waals surface area contributed by atoms with Crippen LogP contribution in [0, 0.1) is 5.92 Å². The highest BCUT2D eigenvalue weighted by Gasteiger charge is 2.48. The maximum Gasteiger partial charge on any atom is 0.187 e. The van der Waals surface area contributed by atoms with Crippen LogP contribution in [0.2, 0.25) is 0 Å². The summed E-state index contributed by atoms with van der Waals surface area (Å²) in [6.45, 7) is 2.52. The minimum atomic E-state index is -1.53. The molecule has 0 bridgehead atoms. The van der Waals surface area contributed by atoms with Crippen LogP contribution in [0.25, 0.3) is 0 Å². The van der Waals surface area contributed by atoms with Gasteiger partial charge in [-0.2, -0.15) is 0 Å². The van der Waals surface area contributed by atoms with Gasteiger partial charge in [0.2, 0.25) is 0 Å². The van der Waals surface area contributed by atoms with Crippen molar-refractivity contribution in [1.29, 1.82) is 0 Å². The normalized spacial score (nSPS) is 51.7. The lowest BCUT2D eigenvalue weighted by Crippen LogP contribution is -2.62. The Morgan fingerprint density at radius 1 is 0.783 bits per heavy atom. The maximum absolute atomic E-state index is 10.1. The second kappa shape index (κ2) is 7.68. The van der Waals surface area contributed by atoms with Gasteiger partial charge in [-0.25, -0.2) is 0 Å². The van der Waals surface area contributed by atoms with Gasteiger partial charge < -0.3 is 44.8 Å². The Labute approximate surface area is 134 Å². The summed E-state index contributed by atoms with van der Waals surface area (Å²) in [5.41, 5.74) is 0. The summed E-state index contributed by atoms with van der Waals surface area (Å²) in [6, 6.07) is 0. The number of rotatable bonds is 4. The predicted octanol–water partition coefficient (Wildman–Crippen LogP) is -3.05. The fourth-order valence-corrected chi connectivity index (χ4v) is 3.11. The molecule has 6 N–H and O–H groups in total. The van der Waals surface area contributed by atoms with Gasteiger partial charge in [0.15, 0.2) is 6.29 Å². The van der Waals surface area contributed by atoms with Crippen molar-refractivity contribution in [3.05, 3.63) is 0 Å². The lowest BCUT2D eigenvalue weighted by molar-refractivity contribution is -0.334. The Morgan fingerprint density at radius 2 is 1.35 bits per heavy atom. The van der Waals surface area contributed by atoms with Crippen molar-refractivity contribution in [3.8, 4) is 0 Å². The van der Waals surface area contributed by atoms with Gasteiger partial charge in [0.05, 0.1) is 31.5 Å². The zero-order chi connectivity index (χ0) is 17.3. The summed E-state index contributed by atoms with van der Waals surface area (Å²) >= 11 is 0. The van der Waals surface area contributed by atoms with Gasteiger partial charge in [0.1, 0.15) is 30.5 Å². The first kappa shape index (κ1) is 19.0. The molecule has 0 aliphatic carbocycles.